The molecule has 166 valence electrons. The molecule has 5 rings (SSSR count). The first-order valence-corrected chi connectivity index (χ1v) is 12.0. The monoisotopic (exact) mass is 422 g/mol. The smallest absolute Gasteiger partial charge is 0.253 e. The van der Waals surface area contributed by atoms with Gasteiger partial charge in [-0.15, -0.1) is 0 Å². The highest BCUT2D eigenvalue weighted by molar-refractivity contribution is 5.95. The summed E-state index contributed by atoms with van der Waals surface area (Å²) in [5, 5.41) is 7.62. The van der Waals surface area contributed by atoms with Crippen LogP contribution in [-0.4, -0.2) is 46.6 Å². The van der Waals surface area contributed by atoms with E-state index in [1.54, 1.807) is 6.20 Å². The van der Waals surface area contributed by atoms with Crippen LogP contribution in [0.2, 0.25) is 0 Å². The minimum absolute atomic E-state index is 0.0229. The standard InChI is InChI=1S/C25H34N4O2/c1-3-21-13-23(28-31-21)25-14-19(25)15-29(16-25)12-10-18-6-8-20(9-7-18)27-24(30)22-5-4-11-26-17(22)2/h4-5,11,13,18-20H,3,6-10,12,14-16H2,1-2H3,(H,27,30)/t18-,19?,20-,25-/m0/s1. The maximum Gasteiger partial charge on any atom is 0.253 e. The van der Waals surface area contributed by atoms with Gasteiger partial charge in [-0.25, -0.2) is 0 Å². The van der Waals surface area contributed by atoms with Gasteiger partial charge < -0.3 is 14.7 Å². The quantitative estimate of drug-likeness (QED) is 0.733. The Labute approximate surface area is 184 Å². The number of likely N-dealkylation sites (tertiary alicyclic amines) is 1. The molecule has 0 aromatic carbocycles. The SMILES string of the molecule is CCc1cc([C@]23CC2CN(CC[C@H]2CC[C@H](NC(=O)c4cccnc4C)CC2)C3)no1. The van der Waals surface area contributed by atoms with Gasteiger partial charge >= 0.3 is 0 Å². The maximum atomic E-state index is 12.5. The highest BCUT2D eigenvalue weighted by atomic mass is 16.5. The molecule has 2 saturated carbocycles. The average molecular weight is 423 g/mol. The topological polar surface area (TPSA) is 71.3 Å². The van der Waals surface area contributed by atoms with Gasteiger partial charge in [-0.3, -0.25) is 9.78 Å². The lowest BCUT2D eigenvalue weighted by Crippen LogP contribution is -2.38. The summed E-state index contributed by atoms with van der Waals surface area (Å²) >= 11 is 0. The summed E-state index contributed by atoms with van der Waals surface area (Å²) in [6.45, 7) is 7.55. The van der Waals surface area contributed by atoms with Crippen LogP contribution in [0.4, 0.5) is 0 Å². The summed E-state index contributed by atoms with van der Waals surface area (Å²) in [5.41, 5.74) is 2.97. The van der Waals surface area contributed by atoms with Crippen LogP contribution in [0.25, 0.3) is 0 Å². The zero-order chi connectivity index (χ0) is 21.4. The highest BCUT2D eigenvalue weighted by Crippen LogP contribution is 2.58. The third-order valence-corrected chi connectivity index (χ3v) is 7.92. The molecule has 0 radical (unpaired) electrons. The van der Waals surface area contributed by atoms with E-state index in [2.05, 4.69) is 33.3 Å². The molecule has 1 aliphatic heterocycles. The molecule has 2 aromatic heterocycles. The van der Waals surface area contributed by atoms with Crippen molar-refractivity contribution >= 4 is 5.91 Å². The van der Waals surface area contributed by atoms with Crippen molar-refractivity contribution in [3.05, 3.63) is 47.1 Å². The zero-order valence-corrected chi connectivity index (χ0v) is 18.8. The number of carbonyl (C=O) groups is 1. The number of piperidine rings is 1. The molecule has 3 fully saturated rings. The molecule has 6 nitrogen and oxygen atoms in total. The molecule has 3 heterocycles. The minimum atomic E-state index is 0.0229. The van der Waals surface area contributed by atoms with Crippen LogP contribution in [-0.2, 0) is 11.8 Å². The van der Waals surface area contributed by atoms with E-state index < -0.39 is 0 Å². The third kappa shape index (κ3) is 4.14. The lowest BCUT2D eigenvalue weighted by atomic mass is 9.84. The average Bonchev–Trinajstić information content (AvgIpc) is 3.14. The number of fused-ring (bicyclic) bond motifs is 1. The molecular weight excluding hydrogens is 388 g/mol. The fourth-order valence-electron chi connectivity index (χ4n) is 5.82. The minimum Gasteiger partial charge on any atom is -0.361 e. The Morgan fingerprint density at radius 1 is 1.32 bits per heavy atom. The van der Waals surface area contributed by atoms with Crippen LogP contribution < -0.4 is 5.32 Å². The number of hydrogen-bond donors (Lipinski definition) is 1. The second kappa shape index (κ2) is 8.38. The Kier molecular flexibility index (Phi) is 5.59. The lowest BCUT2D eigenvalue weighted by Gasteiger charge is -2.30. The fourth-order valence-corrected chi connectivity index (χ4v) is 5.82. The molecule has 3 aliphatic rings. The highest BCUT2D eigenvalue weighted by Gasteiger charge is 2.62. The van der Waals surface area contributed by atoms with E-state index in [4.69, 9.17) is 4.52 Å². The van der Waals surface area contributed by atoms with E-state index in [0.29, 0.717) is 11.6 Å². The predicted octanol–water partition coefficient (Wildman–Crippen LogP) is 3.89. The molecule has 0 bridgehead atoms. The Morgan fingerprint density at radius 2 is 2.16 bits per heavy atom. The first-order chi connectivity index (χ1) is 15.1. The Balaban J connectivity index is 1.05. The molecule has 1 saturated heterocycles. The summed E-state index contributed by atoms with van der Waals surface area (Å²) in [6.07, 6.45) is 9.79. The van der Waals surface area contributed by atoms with Gasteiger partial charge in [-0.1, -0.05) is 12.1 Å². The number of amides is 1. The Bertz CT molecular complexity index is 933. The molecule has 2 atom stereocenters. The number of aromatic nitrogens is 2. The number of rotatable bonds is 7. The van der Waals surface area contributed by atoms with Gasteiger partial charge in [0, 0.05) is 48.9 Å². The predicted molar refractivity (Wildman–Crippen MR) is 119 cm³/mol. The van der Waals surface area contributed by atoms with Gasteiger partial charge in [0.1, 0.15) is 5.76 Å². The largest absolute Gasteiger partial charge is 0.361 e. The Hall–Kier alpha value is -2.21. The van der Waals surface area contributed by atoms with Crippen LogP contribution in [0, 0.1) is 18.8 Å². The van der Waals surface area contributed by atoms with Gasteiger partial charge in [-0.2, -0.15) is 0 Å². The summed E-state index contributed by atoms with van der Waals surface area (Å²) in [5.74, 6) is 2.58. The second-order valence-electron chi connectivity index (χ2n) is 9.94. The van der Waals surface area contributed by atoms with Crippen LogP contribution in [0.3, 0.4) is 0 Å². The van der Waals surface area contributed by atoms with Gasteiger partial charge in [0.15, 0.2) is 0 Å². The first-order valence-electron chi connectivity index (χ1n) is 12.0. The zero-order valence-electron chi connectivity index (χ0n) is 18.8. The van der Waals surface area contributed by atoms with Crippen LogP contribution in [0.15, 0.2) is 28.9 Å². The van der Waals surface area contributed by atoms with Crippen molar-refractivity contribution < 1.29 is 9.32 Å². The van der Waals surface area contributed by atoms with Crippen LogP contribution >= 0.6 is 0 Å². The van der Waals surface area contributed by atoms with E-state index >= 15 is 0 Å². The van der Waals surface area contributed by atoms with Gasteiger partial charge in [0.05, 0.1) is 11.3 Å². The van der Waals surface area contributed by atoms with Crippen LogP contribution in [0.1, 0.15) is 73.0 Å². The van der Waals surface area contributed by atoms with Crippen molar-refractivity contribution in [1.82, 2.24) is 20.4 Å². The number of pyridine rings is 1. The molecule has 31 heavy (non-hydrogen) atoms. The van der Waals surface area contributed by atoms with Crippen molar-refractivity contribution in [2.24, 2.45) is 11.8 Å². The number of nitrogens with one attached hydrogen (secondary N) is 1. The van der Waals surface area contributed by atoms with E-state index in [1.165, 1.54) is 44.5 Å². The first kappa shape index (κ1) is 20.7. The van der Waals surface area contributed by atoms with Crippen LogP contribution in [0.5, 0.6) is 0 Å². The summed E-state index contributed by atoms with van der Waals surface area (Å²) in [4.78, 5) is 19.4. The van der Waals surface area contributed by atoms with Gasteiger partial charge in [-0.05, 0) is 76.0 Å². The molecule has 2 aliphatic carbocycles. The molecule has 1 amide bonds. The Morgan fingerprint density at radius 3 is 2.90 bits per heavy atom. The summed E-state index contributed by atoms with van der Waals surface area (Å²) in [6, 6.07) is 6.17. The van der Waals surface area contributed by atoms with Gasteiger partial charge in [0.2, 0.25) is 0 Å². The number of nitrogens with zero attached hydrogens (tertiary/aromatic N) is 3. The molecule has 1 N–H and O–H groups in total. The number of hydrogen-bond acceptors (Lipinski definition) is 5. The summed E-state index contributed by atoms with van der Waals surface area (Å²) in [7, 11) is 0. The number of aryl methyl sites for hydroxylation is 2. The maximum absolute atomic E-state index is 12.5. The van der Waals surface area contributed by atoms with Crippen molar-refractivity contribution in [2.45, 2.75) is 70.3 Å². The molecule has 6 heteroatoms. The van der Waals surface area contributed by atoms with E-state index in [-0.39, 0.29) is 11.3 Å². The normalized spacial score (nSPS) is 30.2. The van der Waals surface area contributed by atoms with E-state index in [0.717, 1.165) is 49.1 Å². The third-order valence-electron chi connectivity index (χ3n) is 7.92. The van der Waals surface area contributed by atoms with Crippen molar-refractivity contribution in [2.75, 3.05) is 19.6 Å². The van der Waals surface area contributed by atoms with E-state index in [9.17, 15) is 4.79 Å². The van der Waals surface area contributed by atoms with Crippen molar-refractivity contribution in [3.8, 4) is 0 Å². The summed E-state index contributed by atoms with van der Waals surface area (Å²) < 4.78 is 5.48. The second-order valence-corrected chi connectivity index (χ2v) is 9.94. The molecule has 2 aromatic rings. The lowest BCUT2D eigenvalue weighted by molar-refractivity contribution is 0.0919. The van der Waals surface area contributed by atoms with Gasteiger partial charge in [0.25, 0.3) is 5.91 Å². The number of carbonyl (C=O) groups excluding carboxylic acids is 1. The molecule has 0 spiro atoms. The van der Waals surface area contributed by atoms with E-state index in [1.807, 2.05) is 19.1 Å². The molecular formula is C25H34N4O2. The van der Waals surface area contributed by atoms with Crippen molar-refractivity contribution in [3.63, 3.8) is 0 Å². The molecule has 1 unspecified atom stereocenters. The fraction of sp³-hybridized carbons (Fsp3) is 0.640. The van der Waals surface area contributed by atoms with Crippen molar-refractivity contribution in [1.29, 1.82) is 0 Å².